The first kappa shape index (κ1) is 21.8. The largest absolute Gasteiger partial charge is 0.309 e. The fourth-order valence-corrected chi connectivity index (χ4v) is 5.98. The van der Waals surface area contributed by atoms with Gasteiger partial charge in [-0.25, -0.2) is 4.98 Å². The van der Waals surface area contributed by atoms with Crippen molar-refractivity contribution in [2.24, 2.45) is 0 Å². The molecule has 0 aliphatic carbocycles. The zero-order valence-corrected chi connectivity index (χ0v) is 21.3. The van der Waals surface area contributed by atoms with Crippen molar-refractivity contribution in [2.45, 2.75) is 0 Å². The maximum Gasteiger partial charge on any atom is 0.0722 e. The zero-order chi connectivity index (χ0) is 25.8. The topological polar surface area (TPSA) is 17.8 Å². The van der Waals surface area contributed by atoms with E-state index in [1.165, 1.54) is 49.1 Å². The van der Waals surface area contributed by atoms with Gasteiger partial charge in [0.05, 0.1) is 22.2 Å². The molecule has 2 aromatic heterocycles. The van der Waals surface area contributed by atoms with Gasteiger partial charge in [-0.3, -0.25) is 0 Å². The fraction of sp³-hybridized carbons (Fsp3) is 0. The minimum Gasteiger partial charge on any atom is -0.309 e. The van der Waals surface area contributed by atoms with E-state index >= 15 is 0 Å². The second-order valence-corrected chi connectivity index (χ2v) is 10.0. The second kappa shape index (κ2) is 8.68. The number of nitrogens with zero attached hydrogens (tertiary/aromatic N) is 2. The molecule has 0 saturated carbocycles. The smallest absolute Gasteiger partial charge is 0.0722 e. The van der Waals surface area contributed by atoms with Gasteiger partial charge in [-0.15, -0.1) is 0 Å². The number of fused-ring (bicyclic) bond motifs is 6. The molecule has 8 rings (SSSR count). The van der Waals surface area contributed by atoms with E-state index in [0.717, 1.165) is 22.5 Å². The third-order valence-corrected chi connectivity index (χ3v) is 7.78. The summed E-state index contributed by atoms with van der Waals surface area (Å²) in [6, 6.07) is 51.9. The van der Waals surface area contributed by atoms with E-state index in [1.54, 1.807) is 0 Å². The summed E-state index contributed by atoms with van der Waals surface area (Å²) in [5, 5.41) is 6.19. The molecule has 8 aromatic rings. The van der Waals surface area contributed by atoms with Gasteiger partial charge in [0.2, 0.25) is 0 Å². The minimum absolute atomic E-state index is 0.986. The average Bonchev–Trinajstić information content (AvgIpc) is 3.35. The molecule has 0 atom stereocenters. The Hall–Kier alpha value is -5.21. The van der Waals surface area contributed by atoms with Crippen LogP contribution in [0.2, 0.25) is 0 Å². The molecular formula is C37H24N2. The summed E-state index contributed by atoms with van der Waals surface area (Å²) < 4.78 is 2.36. The third kappa shape index (κ3) is 3.46. The van der Waals surface area contributed by atoms with Gasteiger partial charge in [-0.1, -0.05) is 109 Å². The summed E-state index contributed by atoms with van der Waals surface area (Å²) >= 11 is 0. The highest BCUT2D eigenvalue weighted by Crippen LogP contribution is 2.38. The van der Waals surface area contributed by atoms with E-state index in [1.807, 2.05) is 6.07 Å². The van der Waals surface area contributed by atoms with E-state index in [0.29, 0.717) is 0 Å². The number of aromatic nitrogens is 2. The van der Waals surface area contributed by atoms with Crippen LogP contribution in [0.3, 0.4) is 0 Å². The van der Waals surface area contributed by atoms with Crippen LogP contribution in [0.5, 0.6) is 0 Å². The lowest BCUT2D eigenvalue weighted by Gasteiger charge is -2.14. The molecule has 0 aliphatic rings. The Bertz CT molecular complexity index is 2100. The van der Waals surface area contributed by atoms with Gasteiger partial charge in [-0.05, 0) is 58.3 Å². The van der Waals surface area contributed by atoms with Crippen molar-refractivity contribution in [3.05, 3.63) is 146 Å². The van der Waals surface area contributed by atoms with Gasteiger partial charge in [0.25, 0.3) is 0 Å². The summed E-state index contributed by atoms with van der Waals surface area (Å²) in [5.74, 6) is 0. The Morgan fingerprint density at radius 1 is 0.462 bits per heavy atom. The Morgan fingerprint density at radius 2 is 1.08 bits per heavy atom. The van der Waals surface area contributed by atoms with Crippen LogP contribution in [0.15, 0.2) is 146 Å². The molecule has 0 spiro atoms. The molecule has 2 heteroatoms. The Balaban J connectivity index is 1.37. The van der Waals surface area contributed by atoms with E-state index in [2.05, 4.69) is 144 Å². The predicted octanol–water partition coefficient (Wildman–Crippen LogP) is 9.82. The van der Waals surface area contributed by atoms with Gasteiger partial charge >= 0.3 is 0 Å². The molecule has 2 heterocycles. The molecular weight excluding hydrogens is 472 g/mol. The van der Waals surface area contributed by atoms with E-state index < -0.39 is 0 Å². The third-order valence-electron chi connectivity index (χ3n) is 7.78. The van der Waals surface area contributed by atoms with Crippen LogP contribution in [0, 0.1) is 0 Å². The van der Waals surface area contributed by atoms with Gasteiger partial charge in [-0.2, -0.15) is 0 Å². The molecule has 0 bridgehead atoms. The van der Waals surface area contributed by atoms with Crippen LogP contribution in [-0.4, -0.2) is 9.55 Å². The number of hydrogen-bond acceptors (Lipinski definition) is 1. The molecule has 0 amide bonds. The van der Waals surface area contributed by atoms with E-state index in [4.69, 9.17) is 4.98 Å². The summed E-state index contributed by atoms with van der Waals surface area (Å²) in [6.45, 7) is 0. The number of rotatable bonds is 3. The molecule has 0 radical (unpaired) electrons. The first-order chi connectivity index (χ1) is 19.3. The normalized spacial score (nSPS) is 11.6. The molecule has 0 unspecified atom stereocenters. The summed E-state index contributed by atoms with van der Waals surface area (Å²) in [4.78, 5) is 5.10. The molecule has 39 heavy (non-hydrogen) atoms. The van der Waals surface area contributed by atoms with Gasteiger partial charge in [0.15, 0.2) is 0 Å². The van der Waals surface area contributed by atoms with Gasteiger partial charge in [0.1, 0.15) is 0 Å². The van der Waals surface area contributed by atoms with Crippen LogP contribution >= 0.6 is 0 Å². The van der Waals surface area contributed by atoms with Gasteiger partial charge < -0.3 is 4.57 Å². The quantitative estimate of drug-likeness (QED) is 0.223. The van der Waals surface area contributed by atoms with Crippen molar-refractivity contribution in [1.82, 2.24) is 9.55 Å². The molecule has 0 fully saturated rings. The molecule has 182 valence electrons. The molecule has 2 nitrogen and oxygen atoms in total. The van der Waals surface area contributed by atoms with Crippen LogP contribution < -0.4 is 0 Å². The van der Waals surface area contributed by atoms with Crippen LogP contribution in [-0.2, 0) is 0 Å². The number of benzene rings is 6. The molecule has 6 aromatic carbocycles. The first-order valence-corrected chi connectivity index (χ1v) is 13.3. The number of para-hydroxylation sites is 2. The maximum atomic E-state index is 5.10. The molecule has 0 aliphatic heterocycles. The zero-order valence-electron chi connectivity index (χ0n) is 21.3. The van der Waals surface area contributed by atoms with Crippen LogP contribution in [0.25, 0.3) is 71.6 Å². The lowest BCUT2D eigenvalue weighted by Crippen LogP contribution is -1.94. The standard InChI is InChI=1S/C37H24N2/c1-2-11-27(12-3-1)34-24-32(37-29-13-5-4-10-25(29)20-23-33(37)38-34)26-18-21-28(22-19-26)39-35-16-8-6-14-30(35)31-15-7-9-17-36(31)39/h1-24H. The Kier molecular flexibility index (Phi) is 4.86. The number of hydrogen-bond donors (Lipinski definition) is 0. The van der Waals surface area contributed by atoms with E-state index in [9.17, 15) is 0 Å². The highest BCUT2D eigenvalue weighted by molar-refractivity contribution is 6.14. The molecule has 0 N–H and O–H groups in total. The highest BCUT2D eigenvalue weighted by atomic mass is 15.0. The maximum absolute atomic E-state index is 5.10. The Labute approximate surface area is 226 Å². The van der Waals surface area contributed by atoms with Crippen LogP contribution in [0.4, 0.5) is 0 Å². The predicted molar refractivity (Wildman–Crippen MR) is 164 cm³/mol. The van der Waals surface area contributed by atoms with Crippen molar-refractivity contribution < 1.29 is 0 Å². The Morgan fingerprint density at radius 3 is 1.79 bits per heavy atom. The lowest BCUT2D eigenvalue weighted by atomic mass is 9.94. The van der Waals surface area contributed by atoms with Gasteiger partial charge in [0, 0.05) is 27.4 Å². The van der Waals surface area contributed by atoms with E-state index in [-0.39, 0.29) is 0 Å². The van der Waals surface area contributed by atoms with Crippen molar-refractivity contribution in [2.75, 3.05) is 0 Å². The lowest BCUT2D eigenvalue weighted by molar-refractivity contribution is 1.18. The van der Waals surface area contributed by atoms with Crippen molar-refractivity contribution in [3.63, 3.8) is 0 Å². The average molecular weight is 497 g/mol. The SMILES string of the molecule is c1ccc(-c2cc(-c3ccc(-n4c5ccccc5c5ccccc54)cc3)c3c(ccc4ccccc43)n2)cc1. The summed E-state index contributed by atoms with van der Waals surface area (Å²) in [7, 11) is 0. The highest BCUT2D eigenvalue weighted by Gasteiger charge is 2.14. The minimum atomic E-state index is 0.986. The van der Waals surface area contributed by atoms with Crippen LogP contribution in [0.1, 0.15) is 0 Å². The monoisotopic (exact) mass is 496 g/mol. The van der Waals surface area contributed by atoms with Crippen molar-refractivity contribution >= 4 is 43.5 Å². The van der Waals surface area contributed by atoms with Crippen molar-refractivity contribution in [1.29, 1.82) is 0 Å². The second-order valence-electron chi connectivity index (χ2n) is 10.0. The molecule has 0 saturated heterocycles. The van der Waals surface area contributed by atoms with Crippen molar-refractivity contribution in [3.8, 4) is 28.1 Å². The first-order valence-electron chi connectivity index (χ1n) is 13.3. The number of pyridine rings is 1. The summed E-state index contributed by atoms with van der Waals surface area (Å²) in [6.07, 6.45) is 0. The summed E-state index contributed by atoms with van der Waals surface area (Å²) in [5.41, 5.74) is 9.09. The fourth-order valence-electron chi connectivity index (χ4n) is 5.98.